The number of carbonyl (C=O) groups excluding carboxylic acids is 1. The summed E-state index contributed by atoms with van der Waals surface area (Å²) >= 11 is 0. The normalized spacial score (nSPS) is 16.5. The molecule has 1 aromatic carbocycles. The number of nitrogens with two attached hydrogens (primary N) is 1. The molecule has 4 heteroatoms. The summed E-state index contributed by atoms with van der Waals surface area (Å²) in [5, 5.41) is 0. The Morgan fingerprint density at radius 1 is 1.42 bits per heavy atom. The van der Waals surface area contributed by atoms with Gasteiger partial charge in [-0.25, -0.2) is 0 Å². The number of benzene rings is 1. The molecule has 1 atom stereocenters. The van der Waals surface area contributed by atoms with Crippen molar-refractivity contribution in [1.82, 2.24) is 4.90 Å². The molecule has 2 rings (SSSR count). The Labute approximate surface area is 114 Å². The van der Waals surface area contributed by atoms with Crippen molar-refractivity contribution in [3.63, 3.8) is 0 Å². The molecule has 1 heterocycles. The summed E-state index contributed by atoms with van der Waals surface area (Å²) in [7, 11) is 0. The molecule has 0 radical (unpaired) electrons. The van der Waals surface area contributed by atoms with E-state index in [9.17, 15) is 4.79 Å². The molecule has 4 nitrogen and oxygen atoms in total. The van der Waals surface area contributed by atoms with Gasteiger partial charge >= 0.3 is 0 Å². The monoisotopic (exact) mass is 262 g/mol. The second-order valence-corrected chi connectivity index (χ2v) is 5.10. The van der Waals surface area contributed by atoms with E-state index in [0.717, 1.165) is 42.8 Å². The van der Waals surface area contributed by atoms with Crippen LogP contribution in [0.1, 0.15) is 30.9 Å². The van der Waals surface area contributed by atoms with E-state index in [1.54, 1.807) is 0 Å². The molecule has 1 fully saturated rings. The van der Waals surface area contributed by atoms with Crippen LogP contribution in [0.4, 0.5) is 0 Å². The zero-order chi connectivity index (χ0) is 13.8. The van der Waals surface area contributed by atoms with Crippen LogP contribution in [0.5, 0.6) is 5.75 Å². The lowest BCUT2D eigenvalue weighted by molar-refractivity contribution is -0.136. The maximum absolute atomic E-state index is 12.2. The Morgan fingerprint density at radius 2 is 2.11 bits per heavy atom. The maximum atomic E-state index is 12.2. The fraction of sp³-hybridized carbons (Fsp3) is 0.533. The van der Waals surface area contributed by atoms with Gasteiger partial charge in [0.25, 0.3) is 5.91 Å². The molecule has 2 N–H and O–H groups in total. The van der Waals surface area contributed by atoms with E-state index in [-0.39, 0.29) is 5.91 Å². The first-order valence-electron chi connectivity index (χ1n) is 6.87. The Balaban J connectivity index is 2.05. The molecular weight excluding hydrogens is 240 g/mol. The number of nitrogens with zero attached hydrogens (tertiary/aromatic N) is 1. The minimum atomic E-state index is -0.440. The van der Waals surface area contributed by atoms with Gasteiger partial charge in [0, 0.05) is 19.6 Å². The van der Waals surface area contributed by atoms with Gasteiger partial charge < -0.3 is 15.4 Å². The minimum absolute atomic E-state index is 0.0788. The van der Waals surface area contributed by atoms with Crippen molar-refractivity contribution in [2.75, 3.05) is 13.1 Å². The largest absolute Gasteiger partial charge is 0.481 e. The predicted octanol–water partition coefficient (Wildman–Crippen LogP) is 1.84. The molecule has 0 bridgehead atoms. The van der Waals surface area contributed by atoms with E-state index >= 15 is 0 Å². The third-order valence-electron chi connectivity index (χ3n) is 3.56. The average molecular weight is 262 g/mol. The highest BCUT2D eigenvalue weighted by Gasteiger charge is 2.24. The highest BCUT2D eigenvalue weighted by molar-refractivity contribution is 5.81. The summed E-state index contributed by atoms with van der Waals surface area (Å²) in [6, 6.07) is 5.88. The summed E-state index contributed by atoms with van der Waals surface area (Å²) in [6.07, 6.45) is 1.75. The third-order valence-corrected chi connectivity index (χ3v) is 3.56. The molecule has 1 saturated heterocycles. The summed E-state index contributed by atoms with van der Waals surface area (Å²) in [5.41, 5.74) is 7.67. The quantitative estimate of drug-likeness (QED) is 0.901. The topological polar surface area (TPSA) is 55.6 Å². The lowest BCUT2D eigenvalue weighted by atomic mass is 10.1. The van der Waals surface area contributed by atoms with Crippen LogP contribution >= 0.6 is 0 Å². The van der Waals surface area contributed by atoms with Crippen molar-refractivity contribution < 1.29 is 9.53 Å². The van der Waals surface area contributed by atoms with Crippen LogP contribution in [0.25, 0.3) is 0 Å². The first-order valence-corrected chi connectivity index (χ1v) is 6.87. The van der Waals surface area contributed by atoms with Crippen LogP contribution in [0.15, 0.2) is 18.2 Å². The van der Waals surface area contributed by atoms with Gasteiger partial charge in [0.05, 0.1) is 0 Å². The van der Waals surface area contributed by atoms with Gasteiger partial charge in [-0.15, -0.1) is 0 Å². The van der Waals surface area contributed by atoms with E-state index in [2.05, 4.69) is 0 Å². The van der Waals surface area contributed by atoms with Crippen LogP contribution in [0, 0.1) is 6.92 Å². The van der Waals surface area contributed by atoms with Crippen molar-refractivity contribution in [2.45, 2.75) is 39.3 Å². The van der Waals surface area contributed by atoms with Crippen molar-refractivity contribution in [3.05, 3.63) is 29.3 Å². The van der Waals surface area contributed by atoms with Gasteiger partial charge in [-0.1, -0.05) is 12.1 Å². The number of carbonyl (C=O) groups is 1. The predicted molar refractivity (Wildman–Crippen MR) is 75.0 cm³/mol. The fourth-order valence-electron chi connectivity index (χ4n) is 2.33. The summed E-state index contributed by atoms with van der Waals surface area (Å²) in [5.74, 6) is 0.832. The molecular formula is C15H22N2O2. The molecule has 1 unspecified atom stereocenters. The summed E-state index contributed by atoms with van der Waals surface area (Å²) in [4.78, 5) is 14.1. The van der Waals surface area contributed by atoms with Gasteiger partial charge in [0.15, 0.2) is 6.10 Å². The van der Waals surface area contributed by atoms with Crippen LogP contribution in [0.3, 0.4) is 0 Å². The van der Waals surface area contributed by atoms with E-state index in [4.69, 9.17) is 10.5 Å². The van der Waals surface area contributed by atoms with E-state index < -0.39 is 6.10 Å². The molecule has 19 heavy (non-hydrogen) atoms. The first-order chi connectivity index (χ1) is 9.11. The highest BCUT2D eigenvalue weighted by Crippen LogP contribution is 2.21. The molecule has 0 saturated carbocycles. The average Bonchev–Trinajstić information content (AvgIpc) is 2.94. The van der Waals surface area contributed by atoms with Crippen molar-refractivity contribution in [3.8, 4) is 5.75 Å². The summed E-state index contributed by atoms with van der Waals surface area (Å²) < 4.78 is 5.82. The number of rotatable bonds is 4. The second-order valence-electron chi connectivity index (χ2n) is 5.10. The number of likely N-dealkylation sites (tertiary alicyclic amines) is 1. The molecule has 0 aromatic heterocycles. The van der Waals surface area contributed by atoms with Crippen molar-refractivity contribution >= 4 is 5.91 Å². The molecule has 1 aliphatic rings. The maximum Gasteiger partial charge on any atom is 0.263 e. The van der Waals surface area contributed by atoms with Crippen LogP contribution < -0.4 is 10.5 Å². The third kappa shape index (κ3) is 3.26. The van der Waals surface area contributed by atoms with Gasteiger partial charge in [-0.05, 0) is 43.9 Å². The van der Waals surface area contributed by atoms with Gasteiger partial charge in [-0.2, -0.15) is 0 Å². The number of hydrogen-bond donors (Lipinski definition) is 1. The first kappa shape index (κ1) is 13.9. The van der Waals surface area contributed by atoms with Crippen LogP contribution in [0.2, 0.25) is 0 Å². The number of aryl methyl sites for hydroxylation is 1. The number of amides is 1. The molecule has 1 amide bonds. The van der Waals surface area contributed by atoms with Gasteiger partial charge in [-0.3, -0.25) is 4.79 Å². The zero-order valence-electron chi connectivity index (χ0n) is 11.7. The minimum Gasteiger partial charge on any atom is -0.481 e. The second kappa shape index (κ2) is 6.06. The lowest BCUT2D eigenvalue weighted by Gasteiger charge is -2.22. The Bertz CT molecular complexity index is 453. The van der Waals surface area contributed by atoms with Crippen LogP contribution in [-0.2, 0) is 11.3 Å². The molecule has 104 valence electrons. The molecule has 0 aliphatic carbocycles. The lowest BCUT2D eigenvalue weighted by Crippen LogP contribution is -2.38. The number of ether oxygens (including phenoxy) is 1. The van der Waals surface area contributed by atoms with Crippen molar-refractivity contribution in [1.29, 1.82) is 0 Å². The summed E-state index contributed by atoms with van der Waals surface area (Å²) in [6.45, 7) is 5.98. The Hall–Kier alpha value is -1.55. The molecule has 0 spiro atoms. The smallest absolute Gasteiger partial charge is 0.263 e. The van der Waals surface area contributed by atoms with Gasteiger partial charge in [0.1, 0.15) is 5.75 Å². The van der Waals surface area contributed by atoms with Crippen LogP contribution in [-0.4, -0.2) is 30.0 Å². The zero-order valence-corrected chi connectivity index (χ0v) is 11.7. The highest BCUT2D eigenvalue weighted by atomic mass is 16.5. The van der Waals surface area contributed by atoms with E-state index in [0.29, 0.717) is 6.54 Å². The fourth-order valence-corrected chi connectivity index (χ4v) is 2.33. The standard InChI is InChI=1S/C15H22N2O2/c1-11-5-6-13(10-16)9-14(11)19-12(2)15(18)17-7-3-4-8-17/h5-6,9,12H,3-4,7-8,10,16H2,1-2H3. The molecule has 1 aromatic rings. The van der Waals surface area contributed by atoms with Crippen molar-refractivity contribution in [2.24, 2.45) is 5.73 Å². The Kier molecular flexibility index (Phi) is 4.43. The number of hydrogen-bond acceptors (Lipinski definition) is 3. The molecule has 1 aliphatic heterocycles. The van der Waals surface area contributed by atoms with E-state index in [1.165, 1.54) is 0 Å². The van der Waals surface area contributed by atoms with Gasteiger partial charge in [0.2, 0.25) is 0 Å². The SMILES string of the molecule is Cc1ccc(CN)cc1OC(C)C(=O)N1CCCC1. The Morgan fingerprint density at radius 3 is 2.74 bits per heavy atom. The van der Waals surface area contributed by atoms with E-state index in [1.807, 2.05) is 36.9 Å².